The Morgan fingerprint density at radius 1 is 1.31 bits per heavy atom. The third-order valence-corrected chi connectivity index (χ3v) is 5.34. The van der Waals surface area contributed by atoms with E-state index < -0.39 is 0 Å². The van der Waals surface area contributed by atoms with E-state index in [1.807, 2.05) is 43.0 Å². The highest BCUT2D eigenvalue weighted by atomic mass is 16.5. The fraction of sp³-hybridized carbons (Fsp3) is 0.476. The predicted molar refractivity (Wildman–Crippen MR) is 109 cm³/mol. The molecule has 4 rings (SSSR count). The Kier molecular flexibility index (Phi) is 5.53. The van der Waals surface area contributed by atoms with Crippen molar-refractivity contribution in [2.75, 3.05) is 13.2 Å². The molecule has 0 saturated carbocycles. The third kappa shape index (κ3) is 4.12. The summed E-state index contributed by atoms with van der Waals surface area (Å²) in [6, 6.07) is 6.05. The molecule has 154 valence electrons. The van der Waals surface area contributed by atoms with Gasteiger partial charge in [0.25, 0.3) is 5.91 Å². The predicted octanol–water partition coefficient (Wildman–Crippen LogP) is 2.49. The van der Waals surface area contributed by atoms with Gasteiger partial charge in [0.2, 0.25) is 5.88 Å². The normalized spacial score (nSPS) is 16.9. The third-order valence-electron chi connectivity index (χ3n) is 5.34. The number of carbonyl (C=O) groups is 1. The van der Waals surface area contributed by atoms with Crippen LogP contribution in [-0.4, -0.2) is 44.8 Å². The average Bonchev–Trinajstić information content (AvgIpc) is 3.23. The van der Waals surface area contributed by atoms with Crippen LogP contribution in [-0.2, 0) is 25.4 Å². The van der Waals surface area contributed by atoms with Gasteiger partial charge in [-0.15, -0.1) is 0 Å². The fourth-order valence-electron chi connectivity index (χ4n) is 3.75. The molecule has 1 saturated heterocycles. The van der Waals surface area contributed by atoms with Crippen LogP contribution in [0.3, 0.4) is 0 Å². The number of carbonyl (C=O) groups excluding carboxylic acids is 1. The maximum Gasteiger partial charge on any atom is 0.258 e. The maximum absolute atomic E-state index is 12.9. The molecule has 0 aliphatic carbocycles. The molecule has 29 heavy (non-hydrogen) atoms. The molecule has 8 heteroatoms. The standard InChI is InChI=1S/C21H27N5O3/c1-14-19(21(26(3)24-14)29-13-17-6-4-5-9-28-17)20(27)22-11-15-7-8-16-12-23-25(2)18(16)10-15/h7-8,10,12,17H,4-6,9,11,13H2,1-3H3,(H,22,27). The van der Waals surface area contributed by atoms with Gasteiger partial charge in [-0.25, -0.2) is 4.68 Å². The van der Waals surface area contributed by atoms with E-state index in [4.69, 9.17) is 9.47 Å². The Bertz CT molecular complexity index is 1020. The first kappa shape index (κ1) is 19.4. The van der Waals surface area contributed by atoms with Gasteiger partial charge in [-0.3, -0.25) is 9.48 Å². The summed E-state index contributed by atoms with van der Waals surface area (Å²) in [6.45, 7) is 3.43. The van der Waals surface area contributed by atoms with Crippen LogP contribution in [0.5, 0.6) is 5.88 Å². The summed E-state index contributed by atoms with van der Waals surface area (Å²) in [6.07, 6.45) is 5.12. The molecule has 1 N–H and O–H groups in total. The largest absolute Gasteiger partial charge is 0.475 e. The summed E-state index contributed by atoms with van der Waals surface area (Å²) in [5.41, 5.74) is 3.16. The Balaban J connectivity index is 1.45. The summed E-state index contributed by atoms with van der Waals surface area (Å²) in [4.78, 5) is 12.9. The van der Waals surface area contributed by atoms with Crippen LogP contribution in [0.25, 0.3) is 10.9 Å². The van der Waals surface area contributed by atoms with Crippen molar-refractivity contribution in [1.82, 2.24) is 24.9 Å². The van der Waals surface area contributed by atoms with E-state index in [0.29, 0.717) is 30.3 Å². The average molecular weight is 397 g/mol. The van der Waals surface area contributed by atoms with Crippen molar-refractivity contribution in [2.45, 2.75) is 38.8 Å². The lowest BCUT2D eigenvalue weighted by molar-refractivity contribution is -0.0128. The van der Waals surface area contributed by atoms with E-state index >= 15 is 0 Å². The molecule has 1 aromatic carbocycles. The SMILES string of the molecule is Cc1nn(C)c(OCC2CCCCO2)c1C(=O)NCc1ccc2cnn(C)c2c1. The topological polar surface area (TPSA) is 83.2 Å². The van der Waals surface area contributed by atoms with Crippen molar-refractivity contribution in [3.63, 3.8) is 0 Å². The highest BCUT2D eigenvalue weighted by Gasteiger charge is 2.23. The van der Waals surface area contributed by atoms with Gasteiger partial charge in [-0.05, 0) is 37.8 Å². The minimum atomic E-state index is -0.194. The second kappa shape index (κ2) is 8.24. The number of fused-ring (bicyclic) bond motifs is 1. The second-order valence-corrected chi connectivity index (χ2v) is 7.53. The summed E-state index contributed by atoms with van der Waals surface area (Å²) < 4.78 is 15.1. The lowest BCUT2D eigenvalue weighted by Crippen LogP contribution is -2.28. The van der Waals surface area contributed by atoms with E-state index in [2.05, 4.69) is 15.5 Å². The number of rotatable bonds is 6. The maximum atomic E-state index is 12.9. The number of aryl methyl sites for hydroxylation is 3. The first-order valence-electron chi connectivity index (χ1n) is 10.00. The molecule has 0 bridgehead atoms. The van der Waals surface area contributed by atoms with Crippen molar-refractivity contribution >= 4 is 16.8 Å². The molecule has 2 aromatic heterocycles. The highest BCUT2D eigenvalue weighted by Crippen LogP contribution is 2.23. The Labute approximate surface area is 169 Å². The molecule has 1 atom stereocenters. The number of ether oxygens (including phenoxy) is 2. The number of nitrogens with one attached hydrogen (secondary N) is 1. The lowest BCUT2D eigenvalue weighted by atomic mass is 10.1. The van der Waals surface area contributed by atoms with E-state index in [0.717, 1.165) is 42.3 Å². The molecule has 1 aliphatic heterocycles. The molecular formula is C21H27N5O3. The van der Waals surface area contributed by atoms with E-state index in [-0.39, 0.29) is 12.0 Å². The fourth-order valence-corrected chi connectivity index (χ4v) is 3.75. The zero-order chi connectivity index (χ0) is 20.4. The van der Waals surface area contributed by atoms with Crippen molar-refractivity contribution in [3.8, 4) is 5.88 Å². The van der Waals surface area contributed by atoms with Gasteiger partial charge in [-0.1, -0.05) is 12.1 Å². The number of benzene rings is 1. The Hall–Kier alpha value is -2.87. The minimum absolute atomic E-state index is 0.0699. The number of hydrogen-bond acceptors (Lipinski definition) is 5. The molecule has 1 fully saturated rings. The van der Waals surface area contributed by atoms with Gasteiger partial charge in [0, 0.05) is 32.6 Å². The van der Waals surface area contributed by atoms with Crippen molar-refractivity contribution < 1.29 is 14.3 Å². The van der Waals surface area contributed by atoms with Crippen LogP contribution in [0, 0.1) is 6.92 Å². The van der Waals surface area contributed by atoms with Gasteiger partial charge in [0.05, 0.1) is 23.5 Å². The van der Waals surface area contributed by atoms with Crippen LogP contribution in [0.15, 0.2) is 24.4 Å². The number of nitrogens with zero attached hydrogens (tertiary/aromatic N) is 4. The van der Waals surface area contributed by atoms with E-state index in [9.17, 15) is 4.79 Å². The second-order valence-electron chi connectivity index (χ2n) is 7.53. The lowest BCUT2D eigenvalue weighted by Gasteiger charge is -2.22. The molecule has 0 radical (unpaired) electrons. The zero-order valence-electron chi connectivity index (χ0n) is 17.1. The molecule has 0 spiro atoms. The van der Waals surface area contributed by atoms with Crippen molar-refractivity contribution in [1.29, 1.82) is 0 Å². The molecule has 1 unspecified atom stereocenters. The van der Waals surface area contributed by atoms with Crippen molar-refractivity contribution in [3.05, 3.63) is 41.2 Å². The van der Waals surface area contributed by atoms with E-state index in [1.165, 1.54) is 0 Å². The number of amides is 1. The molecule has 1 amide bonds. The summed E-state index contributed by atoms with van der Waals surface area (Å²) >= 11 is 0. The highest BCUT2D eigenvalue weighted by molar-refractivity contribution is 5.97. The molecular weight excluding hydrogens is 370 g/mol. The number of hydrogen-bond donors (Lipinski definition) is 1. The molecule has 3 aromatic rings. The van der Waals surface area contributed by atoms with Gasteiger partial charge >= 0.3 is 0 Å². The Morgan fingerprint density at radius 2 is 2.17 bits per heavy atom. The smallest absolute Gasteiger partial charge is 0.258 e. The van der Waals surface area contributed by atoms with Gasteiger partial charge in [0.15, 0.2) is 0 Å². The quantitative estimate of drug-likeness (QED) is 0.691. The monoisotopic (exact) mass is 397 g/mol. The Morgan fingerprint density at radius 3 is 2.97 bits per heavy atom. The number of aromatic nitrogens is 4. The summed E-state index contributed by atoms with van der Waals surface area (Å²) in [5, 5.41) is 12.7. The molecule has 3 heterocycles. The van der Waals surface area contributed by atoms with Gasteiger partial charge in [0.1, 0.15) is 12.2 Å². The summed E-state index contributed by atoms with van der Waals surface area (Å²) in [7, 11) is 3.69. The van der Waals surface area contributed by atoms with Crippen LogP contribution >= 0.6 is 0 Å². The van der Waals surface area contributed by atoms with Gasteiger partial charge < -0.3 is 14.8 Å². The van der Waals surface area contributed by atoms with Crippen LogP contribution in [0.2, 0.25) is 0 Å². The van der Waals surface area contributed by atoms with Crippen LogP contribution in [0.1, 0.15) is 40.9 Å². The van der Waals surface area contributed by atoms with Crippen LogP contribution < -0.4 is 10.1 Å². The van der Waals surface area contributed by atoms with E-state index in [1.54, 1.807) is 11.7 Å². The van der Waals surface area contributed by atoms with Gasteiger partial charge in [-0.2, -0.15) is 10.2 Å². The minimum Gasteiger partial charge on any atom is -0.475 e. The molecule has 1 aliphatic rings. The summed E-state index contributed by atoms with van der Waals surface area (Å²) in [5.74, 6) is 0.288. The molecule has 8 nitrogen and oxygen atoms in total. The first-order valence-corrected chi connectivity index (χ1v) is 10.00. The first-order chi connectivity index (χ1) is 14.0. The zero-order valence-corrected chi connectivity index (χ0v) is 17.1. The van der Waals surface area contributed by atoms with Crippen LogP contribution in [0.4, 0.5) is 0 Å². The van der Waals surface area contributed by atoms with Crippen molar-refractivity contribution in [2.24, 2.45) is 14.1 Å².